The first-order valence-corrected chi connectivity index (χ1v) is 9.64. The summed E-state index contributed by atoms with van der Waals surface area (Å²) in [7, 11) is 0. The number of carbonyl (C=O) groups excluding carboxylic acids is 1. The van der Waals surface area contributed by atoms with Gasteiger partial charge in [-0.15, -0.1) is 11.8 Å². The smallest absolute Gasteiger partial charge is 0.234 e. The second-order valence-electron chi connectivity index (χ2n) is 3.64. The second kappa shape index (κ2) is 9.23. The van der Waals surface area contributed by atoms with Crippen molar-refractivity contribution in [3.05, 3.63) is 22.8 Å². The zero-order valence-electron chi connectivity index (χ0n) is 9.70. The summed E-state index contributed by atoms with van der Waals surface area (Å²) in [5.74, 6) is 0.507. The van der Waals surface area contributed by atoms with E-state index in [-0.39, 0.29) is 18.3 Å². The second-order valence-corrected chi connectivity index (χ2v) is 8.24. The quantitative estimate of drug-likeness (QED) is 0.429. The van der Waals surface area contributed by atoms with Crippen LogP contribution in [0.4, 0.5) is 5.69 Å². The molecule has 8 heteroatoms. The molecule has 1 atom stereocenters. The standard InChI is InChI=1S/C11H12I3NO3S/c12-6-1-8(13)11(9(14)2-6)15-10(18)5-19-4-7(17)3-16/h1-2,7,16-17H,3-5H2,(H,15,18). The van der Waals surface area contributed by atoms with Crippen molar-refractivity contribution in [3.8, 4) is 0 Å². The number of aliphatic hydroxyl groups excluding tert-OH is 2. The summed E-state index contributed by atoms with van der Waals surface area (Å²) >= 11 is 7.93. The van der Waals surface area contributed by atoms with E-state index >= 15 is 0 Å². The van der Waals surface area contributed by atoms with Gasteiger partial charge in [0.25, 0.3) is 0 Å². The molecule has 1 aromatic rings. The Bertz CT molecular complexity index is 436. The Morgan fingerprint density at radius 3 is 2.42 bits per heavy atom. The normalized spacial score (nSPS) is 12.3. The fourth-order valence-electron chi connectivity index (χ4n) is 1.18. The molecule has 0 aliphatic rings. The van der Waals surface area contributed by atoms with E-state index in [2.05, 4.69) is 73.1 Å². The molecular weight excluding hydrogens is 607 g/mol. The molecule has 0 heterocycles. The van der Waals surface area contributed by atoms with Crippen molar-refractivity contribution >= 4 is 91.1 Å². The molecule has 0 bridgehead atoms. The summed E-state index contributed by atoms with van der Waals surface area (Å²) in [6.07, 6.45) is -0.767. The van der Waals surface area contributed by atoms with Crippen LogP contribution in [0.2, 0.25) is 0 Å². The van der Waals surface area contributed by atoms with Gasteiger partial charge in [0.2, 0.25) is 5.91 Å². The lowest BCUT2D eigenvalue weighted by Crippen LogP contribution is -2.19. The van der Waals surface area contributed by atoms with Crippen molar-refractivity contribution in [2.24, 2.45) is 0 Å². The summed E-state index contributed by atoms with van der Waals surface area (Å²) in [4.78, 5) is 11.8. The Hall–Kier alpha value is 1.15. The van der Waals surface area contributed by atoms with Crippen LogP contribution < -0.4 is 5.32 Å². The lowest BCUT2D eigenvalue weighted by atomic mass is 10.3. The highest BCUT2D eigenvalue weighted by atomic mass is 127. The average molecular weight is 619 g/mol. The summed E-state index contributed by atoms with van der Waals surface area (Å²) in [6, 6.07) is 4.00. The highest BCUT2D eigenvalue weighted by molar-refractivity contribution is 14.1. The number of thioether (sulfide) groups is 1. The first-order valence-electron chi connectivity index (χ1n) is 5.25. The number of nitrogens with one attached hydrogen (secondary N) is 1. The van der Waals surface area contributed by atoms with Gasteiger partial charge in [0.1, 0.15) is 0 Å². The van der Waals surface area contributed by atoms with Gasteiger partial charge >= 0.3 is 0 Å². The number of halogens is 3. The largest absolute Gasteiger partial charge is 0.394 e. The Morgan fingerprint density at radius 1 is 1.32 bits per heavy atom. The Morgan fingerprint density at radius 2 is 1.89 bits per heavy atom. The van der Waals surface area contributed by atoms with Crippen LogP contribution in [0, 0.1) is 10.7 Å². The van der Waals surface area contributed by atoms with Crippen LogP contribution in [0.15, 0.2) is 12.1 Å². The molecule has 4 nitrogen and oxygen atoms in total. The third kappa shape index (κ3) is 6.63. The van der Waals surface area contributed by atoms with Gasteiger partial charge < -0.3 is 15.5 Å². The maximum Gasteiger partial charge on any atom is 0.234 e. The van der Waals surface area contributed by atoms with Crippen molar-refractivity contribution < 1.29 is 15.0 Å². The minimum Gasteiger partial charge on any atom is -0.394 e. The number of amides is 1. The van der Waals surface area contributed by atoms with Crippen LogP contribution in [0.25, 0.3) is 0 Å². The average Bonchev–Trinajstić information content (AvgIpc) is 2.33. The Kier molecular flexibility index (Phi) is 8.84. The van der Waals surface area contributed by atoms with E-state index in [1.807, 2.05) is 12.1 Å². The van der Waals surface area contributed by atoms with Crippen molar-refractivity contribution in [2.75, 3.05) is 23.4 Å². The van der Waals surface area contributed by atoms with E-state index in [1.165, 1.54) is 11.8 Å². The minimum atomic E-state index is -0.767. The van der Waals surface area contributed by atoms with Gasteiger partial charge in [0, 0.05) is 16.5 Å². The van der Waals surface area contributed by atoms with Gasteiger partial charge in [-0.2, -0.15) is 0 Å². The van der Waals surface area contributed by atoms with Gasteiger partial charge in [-0.1, -0.05) is 0 Å². The number of carbonyl (C=O) groups is 1. The monoisotopic (exact) mass is 619 g/mol. The number of rotatable bonds is 6. The molecule has 0 saturated heterocycles. The first-order chi connectivity index (χ1) is 8.93. The van der Waals surface area contributed by atoms with Crippen molar-refractivity contribution in [3.63, 3.8) is 0 Å². The molecular formula is C11H12I3NO3S. The third-order valence-corrected chi connectivity index (χ3v) is 5.44. The molecule has 106 valence electrons. The SMILES string of the molecule is O=C(CSCC(O)CO)Nc1c(I)cc(I)cc1I. The molecule has 0 aliphatic heterocycles. The molecule has 1 rings (SSSR count). The predicted molar refractivity (Wildman–Crippen MR) is 104 cm³/mol. The molecule has 1 aromatic carbocycles. The Balaban J connectivity index is 2.53. The lowest BCUT2D eigenvalue weighted by molar-refractivity contribution is -0.113. The minimum absolute atomic E-state index is 0.104. The molecule has 3 N–H and O–H groups in total. The number of benzene rings is 1. The fraction of sp³-hybridized carbons (Fsp3) is 0.364. The van der Waals surface area contributed by atoms with E-state index < -0.39 is 6.10 Å². The van der Waals surface area contributed by atoms with Crippen molar-refractivity contribution in [1.82, 2.24) is 0 Å². The van der Waals surface area contributed by atoms with E-state index in [1.54, 1.807) is 0 Å². The van der Waals surface area contributed by atoms with Gasteiger partial charge in [-0.25, -0.2) is 0 Å². The number of anilines is 1. The zero-order chi connectivity index (χ0) is 14.4. The molecule has 1 amide bonds. The molecule has 0 aliphatic carbocycles. The molecule has 0 fully saturated rings. The third-order valence-electron chi connectivity index (χ3n) is 2.03. The van der Waals surface area contributed by atoms with Gasteiger partial charge in [0.05, 0.1) is 24.2 Å². The zero-order valence-corrected chi connectivity index (χ0v) is 17.0. The summed E-state index contributed by atoms with van der Waals surface area (Å²) in [6.45, 7) is -0.276. The van der Waals surface area contributed by atoms with E-state index in [4.69, 9.17) is 5.11 Å². The highest BCUT2D eigenvalue weighted by Gasteiger charge is 2.11. The molecule has 1 unspecified atom stereocenters. The van der Waals surface area contributed by atoms with Crippen molar-refractivity contribution in [2.45, 2.75) is 6.10 Å². The van der Waals surface area contributed by atoms with Crippen LogP contribution in [0.1, 0.15) is 0 Å². The predicted octanol–water partition coefficient (Wildman–Crippen LogP) is 2.53. The molecule has 0 spiro atoms. The summed E-state index contributed by atoms with van der Waals surface area (Å²) < 4.78 is 3.13. The van der Waals surface area contributed by atoms with E-state index in [9.17, 15) is 9.90 Å². The molecule has 19 heavy (non-hydrogen) atoms. The Labute approximate surface area is 156 Å². The summed E-state index contributed by atoms with van der Waals surface area (Å²) in [5, 5.41) is 20.7. The summed E-state index contributed by atoms with van der Waals surface area (Å²) in [5.41, 5.74) is 0.829. The van der Waals surface area contributed by atoms with Crippen LogP contribution in [-0.2, 0) is 4.79 Å². The number of aliphatic hydroxyl groups is 2. The van der Waals surface area contributed by atoms with Gasteiger partial charge in [0.15, 0.2) is 0 Å². The van der Waals surface area contributed by atoms with Crippen LogP contribution >= 0.6 is 79.5 Å². The molecule has 0 aromatic heterocycles. The molecule has 0 saturated carbocycles. The topological polar surface area (TPSA) is 69.6 Å². The van der Waals surface area contributed by atoms with Gasteiger partial charge in [-0.3, -0.25) is 4.79 Å². The highest BCUT2D eigenvalue weighted by Crippen LogP contribution is 2.27. The van der Waals surface area contributed by atoms with E-state index in [0.717, 1.165) is 16.4 Å². The van der Waals surface area contributed by atoms with Crippen LogP contribution in [-0.4, -0.2) is 40.3 Å². The maximum atomic E-state index is 11.8. The van der Waals surface area contributed by atoms with Gasteiger partial charge in [-0.05, 0) is 79.9 Å². The fourth-order valence-corrected chi connectivity index (χ4v) is 5.78. The first kappa shape index (κ1) is 18.2. The van der Waals surface area contributed by atoms with E-state index in [0.29, 0.717) is 5.75 Å². The number of hydrogen-bond donors (Lipinski definition) is 3. The number of hydrogen-bond acceptors (Lipinski definition) is 4. The van der Waals surface area contributed by atoms with Crippen molar-refractivity contribution in [1.29, 1.82) is 0 Å². The lowest BCUT2D eigenvalue weighted by Gasteiger charge is -2.11. The van der Waals surface area contributed by atoms with Crippen LogP contribution in [0.5, 0.6) is 0 Å². The maximum absolute atomic E-state index is 11.8. The van der Waals surface area contributed by atoms with Crippen LogP contribution in [0.3, 0.4) is 0 Å². The molecule has 0 radical (unpaired) electrons.